The van der Waals surface area contributed by atoms with Gasteiger partial charge in [-0.05, 0) is 12.6 Å². The molecule has 5 unspecified atom stereocenters. The maximum Gasteiger partial charge on any atom is 0.404 e. The van der Waals surface area contributed by atoms with Crippen molar-refractivity contribution in [2.24, 2.45) is 11.8 Å². The predicted molar refractivity (Wildman–Crippen MR) is 58.7 cm³/mol. The van der Waals surface area contributed by atoms with Gasteiger partial charge in [0.2, 0.25) is 0 Å². The normalized spacial score (nSPS) is 43.6. The fourth-order valence-corrected chi connectivity index (χ4v) is 3.11. The Hall–Kier alpha value is -1.49. The predicted octanol–water partition coefficient (Wildman–Crippen LogP) is 0.230. The maximum absolute atomic E-state index is 10.8. The van der Waals surface area contributed by atoms with E-state index in [4.69, 9.17) is 5.11 Å². The highest BCUT2D eigenvalue weighted by atomic mass is 16.4. The summed E-state index contributed by atoms with van der Waals surface area (Å²) in [6, 6.07) is 0.289. The summed E-state index contributed by atoms with van der Waals surface area (Å²) in [5.74, 6) is 0.698. The first-order valence-corrected chi connectivity index (χ1v) is 5.60. The molecule has 0 aromatic rings. The molecule has 4 N–H and O–H groups in total. The molecule has 0 aromatic carbocycles. The molecule has 16 heavy (non-hydrogen) atoms. The molecular formula is C11H15N3O2. The Morgan fingerprint density at radius 3 is 3.12 bits per heavy atom. The van der Waals surface area contributed by atoms with Crippen LogP contribution in [0.25, 0.3) is 0 Å². The number of hydrogen-bond donors (Lipinski definition) is 4. The number of carboxylic acid groups (broad SMARTS) is 1. The Balaban J connectivity index is 1.83. The standard InChI is InChI=1S/C11H15N3O2/c15-11(16)14-8-3-1-2-7-9(8)6-4-5-12-10(6)13-7/h1-2,4-10,12-14H,3H2,(H,15,16). The average Bonchev–Trinajstić information content (AvgIpc) is 2.75. The summed E-state index contributed by atoms with van der Waals surface area (Å²) in [5.41, 5.74) is 0. The monoisotopic (exact) mass is 221 g/mol. The van der Waals surface area contributed by atoms with Crippen LogP contribution >= 0.6 is 0 Å². The van der Waals surface area contributed by atoms with E-state index in [9.17, 15) is 4.79 Å². The van der Waals surface area contributed by atoms with Gasteiger partial charge in [-0.2, -0.15) is 0 Å². The molecule has 2 aliphatic heterocycles. The number of fused-ring (bicyclic) bond motifs is 3. The van der Waals surface area contributed by atoms with Crippen molar-refractivity contribution in [2.45, 2.75) is 24.7 Å². The number of nitrogens with one attached hydrogen (secondary N) is 3. The zero-order chi connectivity index (χ0) is 11.1. The topological polar surface area (TPSA) is 73.4 Å². The molecule has 3 aliphatic rings. The minimum absolute atomic E-state index is 0.0135. The first-order chi connectivity index (χ1) is 7.75. The van der Waals surface area contributed by atoms with Gasteiger partial charge in [0, 0.05) is 23.9 Å². The van der Waals surface area contributed by atoms with Crippen molar-refractivity contribution in [3.8, 4) is 0 Å². The van der Waals surface area contributed by atoms with Crippen LogP contribution in [0, 0.1) is 11.8 Å². The molecule has 0 saturated carbocycles. The molecule has 1 fully saturated rings. The van der Waals surface area contributed by atoms with Gasteiger partial charge in [0.25, 0.3) is 0 Å². The van der Waals surface area contributed by atoms with Gasteiger partial charge < -0.3 is 15.7 Å². The molecule has 1 saturated heterocycles. The molecule has 86 valence electrons. The molecule has 0 bridgehead atoms. The molecule has 0 spiro atoms. The van der Waals surface area contributed by atoms with Gasteiger partial charge in [-0.25, -0.2) is 4.79 Å². The van der Waals surface area contributed by atoms with Crippen molar-refractivity contribution >= 4 is 6.09 Å². The summed E-state index contributed by atoms with van der Waals surface area (Å²) < 4.78 is 0. The molecule has 5 nitrogen and oxygen atoms in total. The van der Waals surface area contributed by atoms with Gasteiger partial charge in [-0.15, -0.1) is 0 Å². The Morgan fingerprint density at radius 2 is 2.31 bits per heavy atom. The Kier molecular flexibility index (Phi) is 2.14. The highest BCUT2D eigenvalue weighted by Crippen LogP contribution is 2.36. The van der Waals surface area contributed by atoms with E-state index >= 15 is 0 Å². The molecule has 1 aliphatic carbocycles. The van der Waals surface area contributed by atoms with Crippen molar-refractivity contribution in [1.82, 2.24) is 16.0 Å². The second-order valence-corrected chi connectivity index (χ2v) is 4.57. The summed E-state index contributed by atoms with van der Waals surface area (Å²) >= 11 is 0. The molecule has 0 aromatic heterocycles. The number of hydrogen-bond acceptors (Lipinski definition) is 3. The van der Waals surface area contributed by atoms with Crippen LogP contribution in [0.3, 0.4) is 0 Å². The molecule has 2 heterocycles. The quantitative estimate of drug-likeness (QED) is 0.478. The van der Waals surface area contributed by atoms with E-state index in [1.807, 2.05) is 6.20 Å². The summed E-state index contributed by atoms with van der Waals surface area (Å²) in [7, 11) is 0. The first kappa shape index (κ1) is 9.72. The van der Waals surface area contributed by atoms with Crippen LogP contribution in [0.4, 0.5) is 4.79 Å². The fourth-order valence-electron chi connectivity index (χ4n) is 3.11. The summed E-state index contributed by atoms with van der Waals surface area (Å²) in [6.07, 6.45) is 8.41. The van der Waals surface area contributed by atoms with E-state index in [2.05, 4.69) is 34.2 Å². The molecule has 0 radical (unpaired) electrons. The zero-order valence-corrected chi connectivity index (χ0v) is 8.76. The third kappa shape index (κ3) is 1.39. The van der Waals surface area contributed by atoms with Crippen LogP contribution in [0.1, 0.15) is 6.42 Å². The molecule has 1 amide bonds. The summed E-state index contributed by atoms with van der Waals surface area (Å²) in [6.45, 7) is 0. The Morgan fingerprint density at radius 1 is 1.44 bits per heavy atom. The summed E-state index contributed by atoms with van der Waals surface area (Å²) in [5, 5.41) is 18.2. The second kappa shape index (κ2) is 3.52. The lowest BCUT2D eigenvalue weighted by Gasteiger charge is -2.31. The zero-order valence-electron chi connectivity index (χ0n) is 8.76. The maximum atomic E-state index is 10.8. The van der Waals surface area contributed by atoms with E-state index in [0.29, 0.717) is 11.8 Å². The smallest absolute Gasteiger partial charge is 0.404 e. The van der Waals surface area contributed by atoms with Gasteiger partial charge in [0.15, 0.2) is 0 Å². The second-order valence-electron chi connectivity index (χ2n) is 4.57. The largest absolute Gasteiger partial charge is 0.465 e. The van der Waals surface area contributed by atoms with Gasteiger partial charge in [0.1, 0.15) is 0 Å². The van der Waals surface area contributed by atoms with Crippen molar-refractivity contribution in [3.05, 3.63) is 24.4 Å². The summed E-state index contributed by atoms with van der Waals surface area (Å²) in [4.78, 5) is 10.8. The van der Waals surface area contributed by atoms with Crippen LogP contribution in [0.2, 0.25) is 0 Å². The van der Waals surface area contributed by atoms with Gasteiger partial charge in [-0.1, -0.05) is 18.2 Å². The third-order valence-electron chi connectivity index (χ3n) is 3.72. The van der Waals surface area contributed by atoms with Crippen molar-refractivity contribution in [3.63, 3.8) is 0 Å². The van der Waals surface area contributed by atoms with Crippen LogP contribution in [-0.4, -0.2) is 29.4 Å². The SMILES string of the molecule is O=C(O)NC1CC=CC2NC3NC=CC3C21. The van der Waals surface area contributed by atoms with Gasteiger partial charge in [0.05, 0.1) is 6.17 Å². The highest BCUT2D eigenvalue weighted by Gasteiger charge is 2.47. The van der Waals surface area contributed by atoms with Crippen LogP contribution in [-0.2, 0) is 0 Å². The third-order valence-corrected chi connectivity index (χ3v) is 3.72. The Labute approximate surface area is 93.6 Å². The lowest BCUT2D eigenvalue weighted by Crippen LogP contribution is -2.46. The molecule has 5 heteroatoms. The van der Waals surface area contributed by atoms with E-state index in [0.717, 1.165) is 6.42 Å². The van der Waals surface area contributed by atoms with Crippen molar-refractivity contribution in [2.75, 3.05) is 0 Å². The van der Waals surface area contributed by atoms with Crippen molar-refractivity contribution in [1.29, 1.82) is 0 Å². The highest BCUT2D eigenvalue weighted by molar-refractivity contribution is 5.65. The van der Waals surface area contributed by atoms with Crippen LogP contribution in [0.5, 0.6) is 0 Å². The lowest BCUT2D eigenvalue weighted by molar-refractivity contribution is 0.180. The van der Waals surface area contributed by atoms with Gasteiger partial charge in [-0.3, -0.25) is 5.32 Å². The van der Waals surface area contributed by atoms with Gasteiger partial charge >= 0.3 is 6.09 Å². The van der Waals surface area contributed by atoms with Crippen molar-refractivity contribution < 1.29 is 9.90 Å². The van der Waals surface area contributed by atoms with Crippen LogP contribution in [0.15, 0.2) is 24.4 Å². The Bertz CT molecular complexity index is 366. The minimum Gasteiger partial charge on any atom is -0.465 e. The first-order valence-electron chi connectivity index (χ1n) is 5.60. The lowest BCUT2D eigenvalue weighted by atomic mass is 9.79. The molecular weight excluding hydrogens is 206 g/mol. The number of carbonyl (C=O) groups is 1. The van der Waals surface area contributed by atoms with E-state index < -0.39 is 6.09 Å². The number of amides is 1. The van der Waals surface area contributed by atoms with E-state index in [-0.39, 0.29) is 18.2 Å². The number of rotatable bonds is 1. The molecule has 5 atom stereocenters. The van der Waals surface area contributed by atoms with Crippen LogP contribution < -0.4 is 16.0 Å². The van der Waals surface area contributed by atoms with E-state index in [1.165, 1.54) is 0 Å². The fraction of sp³-hybridized carbons (Fsp3) is 0.545. The molecule has 3 rings (SSSR count). The minimum atomic E-state index is -0.933. The average molecular weight is 221 g/mol. The van der Waals surface area contributed by atoms with E-state index in [1.54, 1.807) is 0 Å².